The van der Waals surface area contributed by atoms with Crippen LogP contribution in [0.3, 0.4) is 0 Å². The molecule has 3 rings (SSSR count). The van der Waals surface area contributed by atoms with Crippen LogP contribution < -0.4 is 11.1 Å². The number of rotatable bonds is 1. The normalized spacial score (nSPS) is 29.7. The van der Waals surface area contributed by atoms with Crippen molar-refractivity contribution in [2.45, 2.75) is 44.4 Å². The molecule has 15 heavy (non-hydrogen) atoms. The van der Waals surface area contributed by atoms with Gasteiger partial charge in [-0.2, -0.15) is 0 Å². The molecule has 0 bridgehead atoms. The summed E-state index contributed by atoms with van der Waals surface area (Å²) in [5, 5.41) is 3.34. The lowest BCUT2D eigenvalue weighted by atomic mass is 10.2. The van der Waals surface area contributed by atoms with E-state index in [2.05, 4.69) is 14.9 Å². The molecule has 5 heteroatoms. The molecule has 2 atom stereocenters. The van der Waals surface area contributed by atoms with Gasteiger partial charge in [0.1, 0.15) is 0 Å². The van der Waals surface area contributed by atoms with Crippen LogP contribution in [0.5, 0.6) is 0 Å². The Morgan fingerprint density at radius 2 is 2.20 bits per heavy atom. The summed E-state index contributed by atoms with van der Waals surface area (Å²) in [6.45, 7) is 1.86. The van der Waals surface area contributed by atoms with Gasteiger partial charge in [0.15, 0.2) is 4.77 Å². The number of fused-ring (bicyclic) bond motifs is 1. The second-order valence-corrected chi connectivity index (χ2v) is 4.94. The second kappa shape index (κ2) is 3.43. The van der Waals surface area contributed by atoms with Crippen molar-refractivity contribution in [2.24, 2.45) is 5.73 Å². The van der Waals surface area contributed by atoms with E-state index in [1.54, 1.807) is 0 Å². The summed E-state index contributed by atoms with van der Waals surface area (Å²) in [6, 6.07) is 0.879. The van der Waals surface area contributed by atoms with Gasteiger partial charge >= 0.3 is 0 Å². The summed E-state index contributed by atoms with van der Waals surface area (Å²) in [5.74, 6) is 0. The number of aromatic amines is 1. The van der Waals surface area contributed by atoms with E-state index in [0.717, 1.165) is 30.7 Å². The summed E-state index contributed by atoms with van der Waals surface area (Å²) >= 11 is 5.37. The average Bonchev–Trinajstić information content (AvgIpc) is 2.81. The van der Waals surface area contributed by atoms with Crippen molar-refractivity contribution >= 4 is 12.2 Å². The van der Waals surface area contributed by atoms with Crippen LogP contribution in [0, 0.1) is 4.77 Å². The molecule has 1 saturated carbocycles. The van der Waals surface area contributed by atoms with Crippen LogP contribution in [0.25, 0.3) is 0 Å². The largest absolute Gasteiger partial charge is 0.333 e. The van der Waals surface area contributed by atoms with Gasteiger partial charge in [-0.25, -0.2) is 0 Å². The molecular formula is C10H16N4S. The number of hydrogen-bond donors (Lipinski definition) is 3. The molecule has 4 N–H and O–H groups in total. The van der Waals surface area contributed by atoms with Gasteiger partial charge in [0.2, 0.25) is 0 Å². The second-order valence-electron chi connectivity index (χ2n) is 4.56. The molecule has 2 unspecified atom stereocenters. The predicted octanol–water partition coefficient (Wildman–Crippen LogP) is 1.20. The molecule has 1 aromatic rings. The van der Waals surface area contributed by atoms with Gasteiger partial charge in [0.25, 0.3) is 0 Å². The van der Waals surface area contributed by atoms with Crippen LogP contribution in [-0.2, 0) is 13.1 Å². The first kappa shape index (κ1) is 9.57. The first-order valence-corrected chi connectivity index (χ1v) is 5.95. The van der Waals surface area contributed by atoms with E-state index in [0.29, 0.717) is 12.1 Å². The monoisotopic (exact) mass is 224 g/mol. The SMILES string of the molecule is NC1CCC(n2c3c([nH]c2=S)CNC3)C1. The Hall–Kier alpha value is -0.650. The van der Waals surface area contributed by atoms with Gasteiger partial charge in [0, 0.05) is 25.2 Å². The van der Waals surface area contributed by atoms with Crippen LogP contribution in [0.4, 0.5) is 0 Å². The molecule has 1 fully saturated rings. The molecule has 0 spiro atoms. The van der Waals surface area contributed by atoms with Crippen molar-refractivity contribution in [1.29, 1.82) is 0 Å². The number of nitrogens with zero attached hydrogens (tertiary/aromatic N) is 1. The summed E-state index contributed by atoms with van der Waals surface area (Å²) in [7, 11) is 0. The van der Waals surface area contributed by atoms with Gasteiger partial charge in [-0.3, -0.25) is 0 Å². The molecule has 0 aromatic carbocycles. The number of imidazole rings is 1. The molecule has 82 valence electrons. The molecular weight excluding hydrogens is 208 g/mol. The average molecular weight is 224 g/mol. The summed E-state index contributed by atoms with van der Waals surface area (Å²) in [5.41, 5.74) is 8.56. The maximum atomic E-state index is 5.95. The van der Waals surface area contributed by atoms with Crippen molar-refractivity contribution in [3.63, 3.8) is 0 Å². The molecule has 1 aliphatic carbocycles. The number of hydrogen-bond acceptors (Lipinski definition) is 3. The zero-order chi connectivity index (χ0) is 10.4. The van der Waals surface area contributed by atoms with E-state index in [-0.39, 0.29) is 0 Å². The minimum Gasteiger partial charge on any atom is -0.333 e. The minimum atomic E-state index is 0.358. The van der Waals surface area contributed by atoms with Crippen LogP contribution >= 0.6 is 12.2 Å². The van der Waals surface area contributed by atoms with Crippen LogP contribution in [0.2, 0.25) is 0 Å². The Bertz CT molecular complexity index is 433. The first-order valence-electron chi connectivity index (χ1n) is 5.54. The van der Waals surface area contributed by atoms with Crippen molar-refractivity contribution in [1.82, 2.24) is 14.9 Å². The summed E-state index contributed by atoms with van der Waals surface area (Å²) in [4.78, 5) is 3.29. The zero-order valence-corrected chi connectivity index (χ0v) is 9.44. The molecule has 4 nitrogen and oxygen atoms in total. The van der Waals surface area contributed by atoms with E-state index in [9.17, 15) is 0 Å². The Morgan fingerprint density at radius 1 is 1.33 bits per heavy atom. The molecule has 2 aliphatic rings. The van der Waals surface area contributed by atoms with E-state index >= 15 is 0 Å². The fourth-order valence-electron chi connectivity index (χ4n) is 2.79. The lowest BCUT2D eigenvalue weighted by Gasteiger charge is -2.14. The fourth-order valence-corrected chi connectivity index (χ4v) is 3.17. The Balaban J connectivity index is 2.01. The predicted molar refractivity (Wildman–Crippen MR) is 61.0 cm³/mol. The molecule has 0 amide bonds. The van der Waals surface area contributed by atoms with E-state index in [4.69, 9.17) is 18.0 Å². The Labute approximate surface area is 93.9 Å². The fraction of sp³-hybridized carbons (Fsp3) is 0.700. The third-order valence-electron chi connectivity index (χ3n) is 3.52. The highest BCUT2D eigenvalue weighted by atomic mass is 32.1. The van der Waals surface area contributed by atoms with Gasteiger partial charge in [0.05, 0.1) is 11.4 Å². The minimum absolute atomic E-state index is 0.358. The van der Waals surface area contributed by atoms with Crippen molar-refractivity contribution in [3.8, 4) is 0 Å². The van der Waals surface area contributed by atoms with Crippen LogP contribution in [0.15, 0.2) is 0 Å². The summed E-state index contributed by atoms with van der Waals surface area (Å²) < 4.78 is 3.16. The molecule has 0 saturated heterocycles. The Kier molecular flexibility index (Phi) is 2.19. The zero-order valence-electron chi connectivity index (χ0n) is 8.62. The number of nitrogens with two attached hydrogens (primary N) is 1. The highest BCUT2D eigenvalue weighted by molar-refractivity contribution is 7.71. The quantitative estimate of drug-likeness (QED) is 0.628. The summed E-state index contributed by atoms with van der Waals surface area (Å²) in [6.07, 6.45) is 3.36. The highest BCUT2D eigenvalue weighted by Crippen LogP contribution is 2.32. The topological polar surface area (TPSA) is 58.8 Å². The van der Waals surface area contributed by atoms with Crippen LogP contribution in [-0.4, -0.2) is 15.6 Å². The standard InChI is InChI=1S/C10H16N4S/c11-6-1-2-7(3-6)14-9-5-12-4-8(9)13-10(14)15/h6-7,12H,1-5,11H2,(H,13,15). The Morgan fingerprint density at radius 3 is 2.93 bits per heavy atom. The van der Waals surface area contributed by atoms with E-state index in [1.807, 2.05) is 0 Å². The van der Waals surface area contributed by atoms with Crippen LogP contribution in [0.1, 0.15) is 36.7 Å². The lowest BCUT2D eigenvalue weighted by molar-refractivity contribution is 0.485. The van der Waals surface area contributed by atoms with Gasteiger partial charge in [-0.1, -0.05) is 0 Å². The molecule has 1 aromatic heterocycles. The van der Waals surface area contributed by atoms with Crippen molar-refractivity contribution < 1.29 is 0 Å². The van der Waals surface area contributed by atoms with Gasteiger partial charge < -0.3 is 20.6 Å². The van der Waals surface area contributed by atoms with Gasteiger partial charge in [-0.15, -0.1) is 0 Å². The van der Waals surface area contributed by atoms with E-state index < -0.39 is 0 Å². The molecule has 0 radical (unpaired) electrons. The van der Waals surface area contributed by atoms with Crippen molar-refractivity contribution in [3.05, 3.63) is 16.2 Å². The molecule has 2 heterocycles. The number of H-pyrrole nitrogens is 1. The third-order valence-corrected chi connectivity index (χ3v) is 3.82. The molecule has 1 aliphatic heterocycles. The maximum Gasteiger partial charge on any atom is 0.177 e. The highest BCUT2D eigenvalue weighted by Gasteiger charge is 2.28. The number of nitrogens with one attached hydrogen (secondary N) is 2. The number of aromatic nitrogens is 2. The smallest absolute Gasteiger partial charge is 0.177 e. The maximum absolute atomic E-state index is 5.95. The first-order chi connectivity index (χ1) is 7.25. The van der Waals surface area contributed by atoms with Gasteiger partial charge in [-0.05, 0) is 31.5 Å². The van der Waals surface area contributed by atoms with Crippen molar-refractivity contribution in [2.75, 3.05) is 0 Å². The van der Waals surface area contributed by atoms with E-state index in [1.165, 1.54) is 17.8 Å². The third kappa shape index (κ3) is 1.46. The lowest BCUT2D eigenvalue weighted by Crippen LogP contribution is -2.17.